The molecule has 0 spiro atoms. The van der Waals surface area contributed by atoms with Crippen LogP contribution < -0.4 is 11.0 Å². The Morgan fingerprint density at radius 1 is 1.15 bits per heavy atom. The second-order valence-electron chi connectivity index (χ2n) is 6.77. The van der Waals surface area contributed by atoms with Crippen molar-refractivity contribution in [1.82, 2.24) is 9.99 Å². The van der Waals surface area contributed by atoms with Gasteiger partial charge in [0.15, 0.2) is 0 Å². The number of hydrogen-bond donors (Lipinski definition) is 2. The summed E-state index contributed by atoms with van der Waals surface area (Å²) >= 11 is 0. The largest absolute Gasteiger partial charge is 0.494 e. The number of fused-ring (bicyclic) bond motifs is 1. The van der Waals surface area contributed by atoms with Crippen molar-refractivity contribution in [1.29, 1.82) is 0 Å². The van der Waals surface area contributed by atoms with Crippen LogP contribution in [0.3, 0.4) is 0 Å². The minimum absolute atomic E-state index is 0.0361. The molecule has 1 aromatic heterocycles. The highest BCUT2D eigenvalue weighted by atomic mass is 16.3. The lowest BCUT2D eigenvalue weighted by atomic mass is 10.1. The molecule has 0 bridgehead atoms. The molecule has 0 saturated heterocycles. The summed E-state index contributed by atoms with van der Waals surface area (Å²) in [6, 6.07) is 14.3. The summed E-state index contributed by atoms with van der Waals surface area (Å²) in [5.41, 5.74) is 4.17. The zero-order valence-electron chi connectivity index (χ0n) is 14.8. The van der Waals surface area contributed by atoms with Crippen molar-refractivity contribution in [3.05, 3.63) is 70.0 Å². The Labute approximate surface area is 155 Å². The van der Waals surface area contributed by atoms with Gasteiger partial charge in [0.05, 0.1) is 17.5 Å². The maximum absolute atomic E-state index is 13.0. The molecule has 3 aromatic rings. The van der Waals surface area contributed by atoms with Gasteiger partial charge in [-0.1, -0.05) is 35.9 Å². The Bertz CT molecular complexity index is 1110. The molecule has 1 fully saturated rings. The van der Waals surface area contributed by atoms with Crippen molar-refractivity contribution in [2.24, 2.45) is 11.0 Å². The van der Waals surface area contributed by atoms with E-state index in [1.165, 1.54) is 10.8 Å². The molecule has 6 heteroatoms. The molecule has 6 nitrogen and oxygen atoms in total. The Balaban J connectivity index is 1.86. The monoisotopic (exact) mass is 361 g/mol. The van der Waals surface area contributed by atoms with Crippen molar-refractivity contribution < 1.29 is 9.90 Å². The number of carbonyl (C=O) groups is 1. The first-order valence-corrected chi connectivity index (χ1v) is 8.83. The van der Waals surface area contributed by atoms with Crippen LogP contribution in [-0.4, -0.2) is 21.8 Å². The number of aromatic nitrogens is 1. The average Bonchev–Trinajstić information content (AvgIpc) is 3.51. The molecule has 1 amide bonds. The molecule has 1 aliphatic carbocycles. The number of hydrazone groups is 1. The van der Waals surface area contributed by atoms with Gasteiger partial charge in [0.1, 0.15) is 0 Å². The zero-order chi connectivity index (χ0) is 19.0. The average molecular weight is 361 g/mol. The number of benzene rings is 2. The molecule has 0 atom stereocenters. The highest BCUT2D eigenvalue weighted by Crippen LogP contribution is 2.29. The van der Waals surface area contributed by atoms with E-state index < -0.39 is 0 Å². The van der Waals surface area contributed by atoms with Crippen molar-refractivity contribution in [2.75, 3.05) is 0 Å². The Morgan fingerprint density at radius 2 is 1.81 bits per heavy atom. The van der Waals surface area contributed by atoms with E-state index >= 15 is 0 Å². The van der Waals surface area contributed by atoms with Gasteiger partial charge >= 0.3 is 0 Å². The smallest absolute Gasteiger partial charge is 0.265 e. The topological polar surface area (TPSA) is 83.7 Å². The SMILES string of the molecule is Cc1ccc(-n2c(O)c(C=NNC(=O)C3CC3)c3ccccc3c2=O)cc1. The first-order valence-electron chi connectivity index (χ1n) is 8.83. The fourth-order valence-electron chi connectivity index (χ4n) is 3.02. The molecule has 1 saturated carbocycles. The van der Waals surface area contributed by atoms with Crippen molar-refractivity contribution in [3.8, 4) is 11.6 Å². The summed E-state index contributed by atoms with van der Waals surface area (Å²) in [4.78, 5) is 24.7. The lowest BCUT2D eigenvalue weighted by Crippen LogP contribution is -2.21. The van der Waals surface area contributed by atoms with Crippen LogP contribution in [-0.2, 0) is 4.79 Å². The maximum Gasteiger partial charge on any atom is 0.265 e. The van der Waals surface area contributed by atoms with Crippen LogP contribution >= 0.6 is 0 Å². The highest BCUT2D eigenvalue weighted by molar-refractivity contribution is 6.02. The number of nitrogens with one attached hydrogen (secondary N) is 1. The van der Waals surface area contributed by atoms with E-state index in [2.05, 4.69) is 10.5 Å². The van der Waals surface area contributed by atoms with Gasteiger partial charge in [-0.15, -0.1) is 0 Å². The van der Waals surface area contributed by atoms with Crippen molar-refractivity contribution >= 4 is 22.9 Å². The zero-order valence-corrected chi connectivity index (χ0v) is 14.8. The minimum Gasteiger partial charge on any atom is -0.494 e. The van der Waals surface area contributed by atoms with E-state index in [0.29, 0.717) is 22.0 Å². The van der Waals surface area contributed by atoms with Crippen molar-refractivity contribution in [2.45, 2.75) is 19.8 Å². The highest BCUT2D eigenvalue weighted by Gasteiger charge is 2.29. The summed E-state index contributed by atoms with van der Waals surface area (Å²) < 4.78 is 1.26. The summed E-state index contributed by atoms with van der Waals surface area (Å²) in [5, 5.41) is 15.9. The molecule has 1 aliphatic rings. The van der Waals surface area contributed by atoms with Crippen LogP contribution in [0.25, 0.3) is 16.5 Å². The van der Waals surface area contributed by atoms with E-state index in [4.69, 9.17) is 0 Å². The van der Waals surface area contributed by atoms with Gasteiger partial charge < -0.3 is 5.11 Å². The van der Waals surface area contributed by atoms with Crippen LogP contribution in [0.15, 0.2) is 58.4 Å². The predicted molar refractivity (Wildman–Crippen MR) is 104 cm³/mol. The third kappa shape index (κ3) is 3.21. The molecule has 4 rings (SSSR count). The standard InChI is InChI=1S/C21H19N3O3/c1-13-6-10-15(11-7-13)24-20(26)17-5-3-2-4-16(17)18(21(24)27)12-22-23-19(25)14-8-9-14/h2-7,10-12,14,27H,8-9H2,1H3,(H,23,25). The molecular formula is C21H19N3O3. The number of hydrogen-bond acceptors (Lipinski definition) is 4. The summed E-state index contributed by atoms with van der Waals surface area (Å²) in [6.07, 6.45) is 3.16. The summed E-state index contributed by atoms with van der Waals surface area (Å²) in [6.45, 7) is 1.95. The molecule has 1 heterocycles. The van der Waals surface area contributed by atoms with Gasteiger partial charge in [0.2, 0.25) is 11.8 Å². The number of nitrogens with zero attached hydrogens (tertiary/aromatic N) is 2. The van der Waals surface area contributed by atoms with Crippen LogP contribution in [0.4, 0.5) is 0 Å². The van der Waals surface area contributed by atoms with Gasteiger partial charge in [-0.25, -0.2) is 9.99 Å². The van der Waals surface area contributed by atoms with E-state index in [1.807, 2.05) is 19.1 Å². The number of aromatic hydroxyl groups is 1. The number of carbonyl (C=O) groups excluding carboxylic acids is 1. The molecular weight excluding hydrogens is 342 g/mol. The van der Waals surface area contributed by atoms with Gasteiger partial charge in [-0.05, 0) is 38.0 Å². The Kier molecular flexibility index (Phi) is 4.24. The minimum atomic E-state index is -0.314. The molecule has 2 N–H and O–H groups in total. The molecule has 0 aliphatic heterocycles. The molecule has 27 heavy (non-hydrogen) atoms. The quantitative estimate of drug-likeness (QED) is 0.554. The molecule has 136 valence electrons. The number of aryl methyl sites for hydroxylation is 1. The van der Waals surface area contributed by atoms with Gasteiger partial charge in [0, 0.05) is 16.7 Å². The van der Waals surface area contributed by atoms with Gasteiger partial charge in [-0.2, -0.15) is 5.10 Å². The van der Waals surface area contributed by atoms with Crippen LogP contribution in [0.1, 0.15) is 24.0 Å². The Morgan fingerprint density at radius 3 is 2.48 bits per heavy atom. The van der Waals surface area contributed by atoms with E-state index in [9.17, 15) is 14.7 Å². The third-order valence-corrected chi connectivity index (χ3v) is 4.71. The lowest BCUT2D eigenvalue weighted by molar-refractivity contribution is -0.122. The summed E-state index contributed by atoms with van der Waals surface area (Å²) in [5.74, 6) is -0.303. The molecule has 0 radical (unpaired) electrons. The molecule has 0 unspecified atom stereocenters. The fraction of sp³-hybridized carbons (Fsp3) is 0.190. The second-order valence-corrected chi connectivity index (χ2v) is 6.77. The van der Waals surface area contributed by atoms with E-state index in [-0.39, 0.29) is 23.3 Å². The number of amides is 1. The van der Waals surface area contributed by atoms with E-state index in [1.54, 1.807) is 36.4 Å². The maximum atomic E-state index is 13.0. The fourth-order valence-corrected chi connectivity index (χ4v) is 3.02. The Hall–Kier alpha value is -3.41. The first-order chi connectivity index (χ1) is 13.1. The van der Waals surface area contributed by atoms with Crippen LogP contribution in [0, 0.1) is 12.8 Å². The molecule has 2 aromatic carbocycles. The van der Waals surface area contributed by atoms with Crippen LogP contribution in [0.5, 0.6) is 5.88 Å². The van der Waals surface area contributed by atoms with Crippen molar-refractivity contribution in [3.63, 3.8) is 0 Å². The predicted octanol–water partition coefficient (Wildman–Crippen LogP) is 2.86. The third-order valence-electron chi connectivity index (χ3n) is 4.71. The van der Waals surface area contributed by atoms with Gasteiger partial charge in [-0.3, -0.25) is 9.59 Å². The summed E-state index contributed by atoms with van der Waals surface area (Å²) in [7, 11) is 0. The van der Waals surface area contributed by atoms with Gasteiger partial charge in [0.25, 0.3) is 5.56 Å². The normalized spacial score (nSPS) is 14.0. The second kappa shape index (κ2) is 6.72. The lowest BCUT2D eigenvalue weighted by Gasteiger charge is -2.13. The number of pyridine rings is 1. The number of rotatable bonds is 4. The van der Waals surface area contributed by atoms with Crippen LogP contribution in [0.2, 0.25) is 0 Å². The van der Waals surface area contributed by atoms with E-state index in [0.717, 1.165) is 18.4 Å². The first kappa shape index (κ1) is 17.0.